The Bertz CT molecular complexity index is 532. The van der Waals surface area contributed by atoms with Gasteiger partial charge >= 0.3 is 0 Å². The van der Waals surface area contributed by atoms with E-state index in [1.807, 2.05) is 0 Å². The quantitative estimate of drug-likeness (QED) is 0.540. The second-order valence-electron chi connectivity index (χ2n) is 4.95. The molecule has 1 aliphatic heterocycles. The third kappa shape index (κ3) is 3.12. The first-order valence-electron chi connectivity index (χ1n) is 6.41. The summed E-state index contributed by atoms with van der Waals surface area (Å²) < 4.78 is 0. The number of nitrogens with zero attached hydrogens (tertiary/aromatic N) is 1. The zero-order chi connectivity index (χ0) is 14.7. The van der Waals surface area contributed by atoms with Crippen molar-refractivity contribution in [3.63, 3.8) is 0 Å². The number of nitrogens with one attached hydrogen (secondary N) is 2. The summed E-state index contributed by atoms with van der Waals surface area (Å²) in [6, 6.07) is 4.14. The summed E-state index contributed by atoms with van der Waals surface area (Å²) in [5, 5.41) is 26.1. The fraction of sp³-hybridized carbons (Fsp3) is 0.462. The van der Waals surface area contributed by atoms with Crippen molar-refractivity contribution in [3.8, 4) is 0 Å². The molecule has 0 bridgehead atoms. The van der Waals surface area contributed by atoms with Crippen LogP contribution in [-0.2, 0) is 0 Å². The van der Waals surface area contributed by atoms with Crippen LogP contribution in [0.15, 0.2) is 18.2 Å². The Morgan fingerprint density at radius 1 is 1.55 bits per heavy atom. The standard InChI is InChI=1S/C13H17N3O4/c1-8-4-10(16(19)20)2-3-11(8)13(18)15-6-9-5-14-7-12(9)17/h2-4,9,12,14,17H,5-7H2,1H3,(H,15,18). The minimum atomic E-state index is -0.491. The minimum absolute atomic E-state index is 0.00250. The highest BCUT2D eigenvalue weighted by atomic mass is 16.6. The maximum absolute atomic E-state index is 12.0. The number of aliphatic hydroxyl groups is 1. The summed E-state index contributed by atoms with van der Waals surface area (Å²) in [5.41, 5.74) is 0.937. The van der Waals surface area contributed by atoms with E-state index in [-0.39, 0.29) is 17.5 Å². The van der Waals surface area contributed by atoms with Crippen LogP contribution < -0.4 is 10.6 Å². The van der Waals surface area contributed by atoms with E-state index in [0.717, 1.165) is 0 Å². The molecule has 1 aromatic carbocycles. The number of hydrogen-bond acceptors (Lipinski definition) is 5. The topological polar surface area (TPSA) is 104 Å². The van der Waals surface area contributed by atoms with Gasteiger partial charge in [0.05, 0.1) is 11.0 Å². The number of non-ortho nitro benzene ring substituents is 1. The third-order valence-corrected chi connectivity index (χ3v) is 3.49. The minimum Gasteiger partial charge on any atom is -0.391 e. The largest absolute Gasteiger partial charge is 0.391 e. The summed E-state index contributed by atoms with van der Waals surface area (Å²) in [6.07, 6.45) is -0.451. The van der Waals surface area contributed by atoms with E-state index < -0.39 is 11.0 Å². The summed E-state index contributed by atoms with van der Waals surface area (Å²) in [6.45, 7) is 3.25. The number of β-amino-alcohol motifs (C(OH)–C–C–N with tert-alkyl or cyclic N) is 1. The highest BCUT2D eigenvalue weighted by Crippen LogP contribution is 2.17. The fourth-order valence-electron chi connectivity index (χ4n) is 2.26. The summed E-state index contributed by atoms with van der Waals surface area (Å²) >= 11 is 0. The second kappa shape index (κ2) is 5.98. The van der Waals surface area contributed by atoms with Gasteiger partial charge in [0.25, 0.3) is 11.6 Å². The number of aryl methyl sites for hydroxylation is 1. The number of carbonyl (C=O) groups is 1. The van der Waals surface area contributed by atoms with Crippen molar-refractivity contribution in [2.24, 2.45) is 5.92 Å². The third-order valence-electron chi connectivity index (χ3n) is 3.49. The normalized spacial score (nSPS) is 21.7. The number of rotatable bonds is 4. The van der Waals surface area contributed by atoms with Crippen LogP contribution in [0.25, 0.3) is 0 Å². The van der Waals surface area contributed by atoms with E-state index in [1.165, 1.54) is 18.2 Å². The summed E-state index contributed by atoms with van der Waals surface area (Å²) in [7, 11) is 0. The molecule has 1 amide bonds. The predicted octanol–water partition coefficient (Wildman–Crippen LogP) is 0.213. The maximum atomic E-state index is 12.0. The number of amides is 1. The van der Waals surface area contributed by atoms with E-state index in [2.05, 4.69) is 10.6 Å². The predicted molar refractivity (Wildman–Crippen MR) is 72.5 cm³/mol. The Balaban J connectivity index is 2.00. The Morgan fingerprint density at radius 2 is 2.30 bits per heavy atom. The first kappa shape index (κ1) is 14.4. The van der Waals surface area contributed by atoms with E-state index in [4.69, 9.17) is 0 Å². The molecule has 0 radical (unpaired) electrons. The van der Waals surface area contributed by atoms with Crippen LogP contribution in [-0.4, -0.2) is 41.7 Å². The number of hydrogen-bond donors (Lipinski definition) is 3. The molecule has 1 saturated heterocycles. The van der Waals surface area contributed by atoms with Crippen LogP contribution in [0.2, 0.25) is 0 Å². The van der Waals surface area contributed by atoms with Gasteiger partial charge in [-0.1, -0.05) is 0 Å². The molecule has 2 rings (SSSR count). The molecule has 7 nitrogen and oxygen atoms in total. The van der Waals surface area contributed by atoms with Gasteiger partial charge in [0, 0.05) is 43.2 Å². The van der Waals surface area contributed by atoms with Crippen LogP contribution >= 0.6 is 0 Å². The fourth-order valence-corrected chi connectivity index (χ4v) is 2.26. The highest BCUT2D eigenvalue weighted by molar-refractivity contribution is 5.95. The second-order valence-corrected chi connectivity index (χ2v) is 4.95. The van der Waals surface area contributed by atoms with Crippen molar-refractivity contribution in [2.45, 2.75) is 13.0 Å². The molecule has 1 fully saturated rings. The van der Waals surface area contributed by atoms with Crippen molar-refractivity contribution in [3.05, 3.63) is 39.4 Å². The average molecular weight is 279 g/mol. The van der Waals surface area contributed by atoms with Crippen LogP contribution in [0.4, 0.5) is 5.69 Å². The number of carbonyl (C=O) groups excluding carboxylic acids is 1. The number of nitro groups is 1. The van der Waals surface area contributed by atoms with Crippen LogP contribution in [0.3, 0.4) is 0 Å². The van der Waals surface area contributed by atoms with Crippen LogP contribution in [0.1, 0.15) is 15.9 Å². The molecule has 20 heavy (non-hydrogen) atoms. The lowest BCUT2D eigenvalue weighted by atomic mass is 10.0. The van der Waals surface area contributed by atoms with Gasteiger partial charge in [-0.25, -0.2) is 0 Å². The molecule has 7 heteroatoms. The molecule has 0 saturated carbocycles. The van der Waals surface area contributed by atoms with Crippen LogP contribution in [0.5, 0.6) is 0 Å². The first-order valence-corrected chi connectivity index (χ1v) is 6.41. The van der Waals surface area contributed by atoms with E-state index >= 15 is 0 Å². The first-order chi connectivity index (χ1) is 9.49. The van der Waals surface area contributed by atoms with Crippen molar-refractivity contribution in [1.29, 1.82) is 0 Å². The lowest BCUT2D eigenvalue weighted by Gasteiger charge is -2.14. The molecule has 108 valence electrons. The molecular formula is C13H17N3O4. The summed E-state index contributed by atoms with van der Waals surface area (Å²) in [4.78, 5) is 22.2. The lowest BCUT2D eigenvalue weighted by molar-refractivity contribution is -0.384. The van der Waals surface area contributed by atoms with Gasteiger partial charge in [0.15, 0.2) is 0 Å². The molecule has 3 N–H and O–H groups in total. The summed E-state index contributed by atoms with van der Waals surface area (Å²) in [5.74, 6) is -0.284. The van der Waals surface area contributed by atoms with Gasteiger partial charge in [0.2, 0.25) is 0 Å². The zero-order valence-electron chi connectivity index (χ0n) is 11.1. The van der Waals surface area contributed by atoms with Gasteiger partial charge in [0.1, 0.15) is 0 Å². The van der Waals surface area contributed by atoms with Gasteiger partial charge in [-0.05, 0) is 18.6 Å². The molecule has 1 aliphatic rings. The monoisotopic (exact) mass is 279 g/mol. The molecular weight excluding hydrogens is 262 g/mol. The molecule has 0 aliphatic carbocycles. The Kier molecular flexibility index (Phi) is 4.31. The SMILES string of the molecule is Cc1cc([N+](=O)[O-])ccc1C(=O)NCC1CNCC1O. The molecule has 0 spiro atoms. The van der Waals surface area contributed by atoms with Gasteiger partial charge < -0.3 is 15.7 Å². The van der Waals surface area contributed by atoms with Gasteiger partial charge in [-0.2, -0.15) is 0 Å². The van der Waals surface area contributed by atoms with E-state index in [0.29, 0.717) is 30.8 Å². The van der Waals surface area contributed by atoms with Crippen LogP contribution in [0, 0.1) is 23.0 Å². The molecule has 0 aromatic heterocycles. The molecule has 1 aromatic rings. The van der Waals surface area contributed by atoms with Crippen molar-refractivity contribution in [2.75, 3.05) is 19.6 Å². The number of aliphatic hydroxyl groups excluding tert-OH is 1. The number of benzene rings is 1. The lowest BCUT2D eigenvalue weighted by Crippen LogP contribution is -2.34. The molecule has 1 heterocycles. The van der Waals surface area contributed by atoms with E-state index in [1.54, 1.807) is 6.92 Å². The van der Waals surface area contributed by atoms with E-state index in [9.17, 15) is 20.0 Å². The smallest absolute Gasteiger partial charge is 0.269 e. The van der Waals surface area contributed by atoms with Gasteiger partial charge in [-0.3, -0.25) is 14.9 Å². The Morgan fingerprint density at radius 3 is 2.85 bits per heavy atom. The van der Waals surface area contributed by atoms with Gasteiger partial charge in [-0.15, -0.1) is 0 Å². The Hall–Kier alpha value is -1.99. The number of nitro benzene ring substituents is 1. The van der Waals surface area contributed by atoms with Crippen molar-refractivity contribution in [1.82, 2.24) is 10.6 Å². The molecule has 2 atom stereocenters. The Labute approximate surface area is 116 Å². The van der Waals surface area contributed by atoms with Crippen molar-refractivity contribution < 1.29 is 14.8 Å². The maximum Gasteiger partial charge on any atom is 0.269 e. The highest BCUT2D eigenvalue weighted by Gasteiger charge is 2.25. The average Bonchev–Trinajstić information content (AvgIpc) is 2.81. The zero-order valence-corrected chi connectivity index (χ0v) is 11.1. The van der Waals surface area contributed by atoms with Crippen molar-refractivity contribution >= 4 is 11.6 Å². The molecule has 2 unspecified atom stereocenters.